The number of carbonyl (C=O) groups excluding carboxylic acids is 1. The second-order valence-corrected chi connectivity index (χ2v) is 3.59. The molecule has 0 bridgehead atoms. The maximum atomic E-state index is 11.4. The summed E-state index contributed by atoms with van der Waals surface area (Å²) in [6, 6.07) is 7.22. The standard InChI is InChI=1S/C13H18N2O2/c1-2-8-14-13(17)15-12-7-3-5-11(10-12)6-4-9-16/h3-7,10,16H,2,8-9H2,1H3,(H2,14,15,17)/b6-4+. The number of carbonyl (C=O) groups is 1. The third-order valence-electron chi connectivity index (χ3n) is 2.10. The van der Waals surface area contributed by atoms with E-state index in [0.717, 1.165) is 17.7 Å². The molecule has 0 heterocycles. The molecule has 0 atom stereocenters. The second-order valence-electron chi connectivity index (χ2n) is 3.59. The number of aliphatic hydroxyl groups excluding tert-OH is 1. The number of urea groups is 1. The first-order valence-electron chi connectivity index (χ1n) is 5.68. The van der Waals surface area contributed by atoms with Crippen LogP contribution in [0.5, 0.6) is 0 Å². The number of benzene rings is 1. The molecule has 0 radical (unpaired) electrons. The highest BCUT2D eigenvalue weighted by Gasteiger charge is 1.99. The van der Waals surface area contributed by atoms with Gasteiger partial charge >= 0.3 is 6.03 Å². The van der Waals surface area contributed by atoms with E-state index in [2.05, 4.69) is 10.6 Å². The SMILES string of the molecule is CCCNC(=O)Nc1cccc(/C=C/CO)c1. The lowest BCUT2D eigenvalue weighted by atomic mass is 10.2. The van der Waals surface area contributed by atoms with Crippen molar-refractivity contribution < 1.29 is 9.90 Å². The van der Waals surface area contributed by atoms with Gasteiger partial charge in [0.15, 0.2) is 0 Å². The Bertz CT molecular complexity index is 389. The fourth-order valence-electron chi connectivity index (χ4n) is 1.32. The minimum Gasteiger partial charge on any atom is -0.392 e. The Labute approximate surface area is 101 Å². The molecule has 3 N–H and O–H groups in total. The van der Waals surface area contributed by atoms with Crippen LogP contribution in [0.2, 0.25) is 0 Å². The van der Waals surface area contributed by atoms with Gasteiger partial charge in [0.1, 0.15) is 0 Å². The summed E-state index contributed by atoms with van der Waals surface area (Å²) < 4.78 is 0. The van der Waals surface area contributed by atoms with Crippen LogP contribution in [0.4, 0.5) is 10.5 Å². The molecule has 0 fully saturated rings. The lowest BCUT2D eigenvalue weighted by molar-refractivity contribution is 0.252. The number of aliphatic hydroxyl groups is 1. The van der Waals surface area contributed by atoms with Gasteiger partial charge < -0.3 is 15.7 Å². The van der Waals surface area contributed by atoms with Crippen molar-refractivity contribution in [3.05, 3.63) is 35.9 Å². The number of nitrogens with one attached hydrogen (secondary N) is 2. The zero-order valence-corrected chi connectivity index (χ0v) is 9.94. The van der Waals surface area contributed by atoms with E-state index in [4.69, 9.17) is 5.11 Å². The summed E-state index contributed by atoms with van der Waals surface area (Å²) in [6.45, 7) is 2.67. The first-order valence-corrected chi connectivity index (χ1v) is 5.68. The van der Waals surface area contributed by atoms with Gasteiger partial charge in [-0.3, -0.25) is 0 Å². The summed E-state index contributed by atoms with van der Waals surface area (Å²) in [5.74, 6) is 0. The molecule has 0 unspecified atom stereocenters. The maximum absolute atomic E-state index is 11.4. The molecule has 1 aromatic carbocycles. The minimum absolute atomic E-state index is 0.00857. The normalized spacial score (nSPS) is 10.5. The van der Waals surface area contributed by atoms with E-state index < -0.39 is 0 Å². The summed E-state index contributed by atoms with van der Waals surface area (Å²) >= 11 is 0. The highest BCUT2D eigenvalue weighted by atomic mass is 16.2. The van der Waals surface area contributed by atoms with Crippen LogP contribution in [0.1, 0.15) is 18.9 Å². The number of rotatable bonds is 5. The van der Waals surface area contributed by atoms with Gasteiger partial charge in [0, 0.05) is 12.2 Å². The van der Waals surface area contributed by atoms with Gasteiger partial charge in [0.25, 0.3) is 0 Å². The maximum Gasteiger partial charge on any atom is 0.319 e. The minimum atomic E-state index is -0.199. The van der Waals surface area contributed by atoms with E-state index in [1.807, 2.05) is 31.2 Å². The van der Waals surface area contributed by atoms with Crippen molar-refractivity contribution in [2.75, 3.05) is 18.5 Å². The van der Waals surface area contributed by atoms with Crippen LogP contribution >= 0.6 is 0 Å². The second kappa shape index (κ2) is 7.46. The lowest BCUT2D eigenvalue weighted by Gasteiger charge is -2.07. The summed E-state index contributed by atoms with van der Waals surface area (Å²) in [5.41, 5.74) is 1.67. The molecule has 1 rings (SSSR count). The topological polar surface area (TPSA) is 61.4 Å². The highest BCUT2D eigenvalue weighted by Crippen LogP contribution is 2.11. The molecule has 4 heteroatoms. The lowest BCUT2D eigenvalue weighted by Crippen LogP contribution is -2.29. The van der Waals surface area contributed by atoms with Crippen molar-refractivity contribution in [1.82, 2.24) is 5.32 Å². The van der Waals surface area contributed by atoms with Gasteiger partial charge in [-0.15, -0.1) is 0 Å². The Hall–Kier alpha value is -1.81. The predicted molar refractivity (Wildman–Crippen MR) is 69.9 cm³/mol. The Morgan fingerprint density at radius 2 is 2.29 bits per heavy atom. The largest absolute Gasteiger partial charge is 0.392 e. The van der Waals surface area contributed by atoms with E-state index >= 15 is 0 Å². The summed E-state index contributed by atoms with van der Waals surface area (Å²) in [5, 5.41) is 14.2. The van der Waals surface area contributed by atoms with E-state index in [1.165, 1.54) is 0 Å². The third-order valence-corrected chi connectivity index (χ3v) is 2.10. The van der Waals surface area contributed by atoms with Gasteiger partial charge in [-0.2, -0.15) is 0 Å². The van der Waals surface area contributed by atoms with Crippen LogP contribution < -0.4 is 10.6 Å². The molecule has 17 heavy (non-hydrogen) atoms. The Morgan fingerprint density at radius 1 is 1.47 bits per heavy atom. The molecule has 2 amide bonds. The van der Waals surface area contributed by atoms with Crippen molar-refractivity contribution >= 4 is 17.8 Å². The zero-order valence-electron chi connectivity index (χ0n) is 9.94. The predicted octanol–water partition coefficient (Wildman–Crippen LogP) is 2.22. The van der Waals surface area contributed by atoms with E-state index in [1.54, 1.807) is 12.2 Å². The molecule has 0 aromatic heterocycles. The average Bonchev–Trinajstić information content (AvgIpc) is 2.34. The van der Waals surface area contributed by atoms with Crippen molar-refractivity contribution in [3.63, 3.8) is 0 Å². The van der Waals surface area contributed by atoms with Crippen LogP contribution in [0.25, 0.3) is 6.08 Å². The van der Waals surface area contributed by atoms with Crippen molar-refractivity contribution in [1.29, 1.82) is 0 Å². The van der Waals surface area contributed by atoms with Gasteiger partial charge in [-0.1, -0.05) is 31.2 Å². The first-order chi connectivity index (χ1) is 8.26. The highest BCUT2D eigenvalue weighted by molar-refractivity contribution is 5.89. The van der Waals surface area contributed by atoms with Crippen LogP contribution in [0.3, 0.4) is 0 Å². The van der Waals surface area contributed by atoms with Crippen molar-refractivity contribution in [2.45, 2.75) is 13.3 Å². The zero-order chi connectivity index (χ0) is 12.5. The molecule has 1 aromatic rings. The molecule has 0 aliphatic rings. The van der Waals surface area contributed by atoms with E-state index in [0.29, 0.717) is 6.54 Å². The van der Waals surface area contributed by atoms with Gasteiger partial charge in [0.2, 0.25) is 0 Å². The Morgan fingerprint density at radius 3 is 3.00 bits per heavy atom. The molecule has 0 saturated carbocycles. The molecular formula is C13H18N2O2. The number of amides is 2. The summed E-state index contributed by atoms with van der Waals surface area (Å²) in [4.78, 5) is 11.4. The first kappa shape index (κ1) is 13.3. The van der Waals surface area contributed by atoms with Gasteiger partial charge in [-0.25, -0.2) is 4.79 Å². The van der Waals surface area contributed by atoms with Crippen LogP contribution in [-0.2, 0) is 0 Å². The Balaban J connectivity index is 2.59. The smallest absolute Gasteiger partial charge is 0.319 e. The molecule has 0 aliphatic heterocycles. The third kappa shape index (κ3) is 5.17. The van der Waals surface area contributed by atoms with Gasteiger partial charge in [-0.05, 0) is 24.1 Å². The molecule has 0 spiro atoms. The molecule has 4 nitrogen and oxygen atoms in total. The van der Waals surface area contributed by atoms with Crippen LogP contribution in [0, 0.1) is 0 Å². The monoisotopic (exact) mass is 234 g/mol. The molecular weight excluding hydrogens is 216 g/mol. The molecule has 0 aliphatic carbocycles. The fraction of sp³-hybridized carbons (Fsp3) is 0.308. The number of hydrogen-bond acceptors (Lipinski definition) is 2. The number of hydrogen-bond donors (Lipinski definition) is 3. The Kier molecular flexibility index (Phi) is 5.82. The summed E-state index contributed by atoms with van der Waals surface area (Å²) in [7, 11) is 0. The van der Waals surface area contributed by atoms with Crippen LogP contribution in [0.15, 0.2) is 30.3 Å². The van der Waals surface area contributed by atoms with E-state index in [-0.39, 0.29) is 12.6 Å². The number of anilines is 1. The quantitative estimate of drug-likeness (QED) is 0.731. The van der Waals surface area contributed by atoms with Crippen molar-refractivity contribution in [3.8, 4) is 0 Å². The molecule has 92 valence electrons. The van der Waals surface area contributed by atoms with Gasteiger partial charge in [0.05, 0.1) is 6.61 Å². The van der Waals surface area contributed by atoms with Crippen LogP contribution in [-0.4, -0.2) is 24.3 Å². The average molecular weight is 234 g/mol. The fourth-order valence-corrected chi connectivity index (χ4v) is 1.32. The molecule has 0 saturated heterocycles. The van der Waals surface area contributed by atoms with E-state index in [9.17, 15) is 4.79 Å². The van der Waals surface area contributed by atoms with Crippen molar-refractivity contribution in [2.24, 2.45) is 0 Å². The summed E-state index contributed by atoms with van der Waals surface area (Å²) in [6.07, 6.45) is 4.36.